The van der Waals surface area contributed by atoms with E-state index in [-0.39, 0.29) is 11.7 Å². The topological polar surface area (TPSA) is 64.9 Å². The zero-order valence-electron chi connectivity index (χ0n) is 10.8. The molecule has 0 radical (unpaired) electrons. The fourth-order valence-electron chi connectivity index (χ4n) is 2.11. The van der Waals surface area contributed by atoms with Gasteiger partial charge in [-0.05, 0) is 36.2 Å². The van der Waals surface area contributed by atoms with E-state index in [0.29, 0.717) is 22.4 Å². The highest BCUT2D eigenvalue weighted by atomic mass is 19.1. The highest BCUT2D eigenvalue weighted by molar-refractivity contribution is 5.86. The summed E-state index contributed by atoms with van der Waals surface area (Å²) in [5, 5.41) is 3.90. The van der Waals surface area contributed by atoms with Gasteiger partial charge in [0.25, 0.3) is 0 Å². The summed E-state index contributed by atoms with van der Waals surface area (Å²) < 4.78 is 19.3. The van der Waals surface area contributed by atoms with E-state index in [1.54, 1.807) is 49.6 Å². The van der Waals surface area contributed by atoms with Crippen LogP contribution in [0.25, 0.3) is 22.4 Å². The molecule has 0 aliphatic heterocycles. The van der Waals surface area contributed by atoms with Gasteiger partial charge in [0.2, 0.25) is 5.88 Å². The molecular formula is C15H12FN3O. The monoisotopic (exact) mass is 269 g/mol. The van der Waals surface area contributed by atoms with Gasteiger partial charge in [-0.25, -0.2) is 4.39 Å². The highest BCUT2D eigenvalue weighted by Crippen LogP contribution is 2.37. The van der Waals surface area contributed by atoms with Crippen molar-refractivity contribution in [2.24, 2.45) is 0 Å². The van der Waals surface area contributed by atoms with Crippen molar-refractivity contribution < 1.29 is 8.91 Å². The van der Waals surface area contributed by atoms with Gasteiger partial charge in [0.15, 0.2) is 0 Å². The van der Waals surface area contributed by atoms with Gasteiger partial charge in [-0.1, -0.05) is 17.3 Å². The third kappa shape index (κ3) is 1.93. The van der Waals surface area contributed by atoms with Crippen LogP contribution in [0.2, 0.25) is 0 Å². The Morgan fingerprint density at radius 3 is 2.65 bits per heavy atom. The molecule has 3 rings (SSSR count). The molecule has 0 amide bonds. The van der Waals surface area contributed by atoms with Gasteiger partial charge in [0, 0.05) is 18.0 Å². The van der Waals surface area contributed by atoms with Crippen molar-refractivity contribution in [1.29, 1.82) is 0 Å². The summed E-state index contributed by atoms with van der Waals surface area (Å²) in [6, 6.07) is 8.69. The molecule has 0 aliphatic rings. The van der Waals surface area contributed by atoms with Gasteiger partial charge >= 0.3 is 0 Å². The van der Waals surface area contributed by atoms with E-state index >= 15 is 0 Å². The van der Waals surface area contributed by atoms with Crippen molar-refractivity contribution in [2.45, 2.75) is 6.92 Å². The number of anilines is 1. The molecule has 5 heteroatoms. The van der Waals surface area contributed by atoms with Gasteiger partial charge in [0.05, 0.1) is 5.56 Å². The Bertz CT molecular complexity index is 753. The molecule has 0 unspecified atom stereocenters. The van der Waals surface area contributed by atoms with Crippen molar-refractivity contribution in [2.75, 3.05) is 5.73 Å². The number of aryl methyl sites for hydroxylation is 1. The van der Waals surface area contributed by atoms with Crippen LogP contribution in [-0.2, 0) is 0 Å². The number of hydrogen-bond donors (Lipinski definition) is 1. The molecule has 0 atom stereocenters. The number of benzene rings is 1. The van der Waals surface area contributed by atoms with E-state index in [9.17, 15) is 4.39 Å². The molecule has 20 heavy (non-hydrogen) atoms. The number of rotatable bonds is 2. The first kappa shape index (κ1) is 12.3. The summed E-state index contributed by atoms with van der Waals surface area (Å²) >= 11 is 0. The Labute approximate surface area is 115 Å². The number of halogens is 1. The fourth-order valence-corrected chi connectivity index (χ4v) is 2.11. The van der Waals surface area contributed by atoms with Crippen LogP contribution in [0.4, 0.5) is 10.3 Å². The van der Waals surface area contributed by atoms with Crippen LogP contribution >= 0.6 is 0 Å². The third-order valence-electron chi connectivity index (χ3n) is 3.13. The minimum Gasteiger partial charge on any atom is -0.367 e. The van der Waals surface area contributed by atoms with Crippen LogP contribution in [0.5, 0.6) is 0 Å². The second kappa shape index (κ2) is 4.77. The van der Waals surface area contributed by atoms with Gasteiger partial charge in [-0.2, -0.15) is 0 Å². The average Bonchev–Trinajstić information content (AvgIpc) is 2.84. The largest absolute Gasteiger partial charge is 0.367 e. The number of nitrogen functional groups attached to an aromatic ring is 1. The molecule has 0 saturated carbocycles. The van der Waals surface area contributed by atoms with E-state index in [1.807, 2.05) is 0 Å². The predicted octanol–water partition coefficient (Wildman–Crippen LogP) is 3.43. The summed E-state index contributed by atoms with van der Waals surface area (Å²) in [4.78, 5) is 3.95. The van der Waals surface area contributed by atoms with Gasteiger partial charge in [0.1, 0.15) is 11.5 Å². The van der Waals surface area contributed by atoms with E-state index < -0.39 is 0 Å². The van der Waals surface area contributed by atoms with Crippen LogP contribution in [0.15, 0.2) is 47.2 Å². The molecule has 2 heterocycles. The number of pyridine rings is 1. The lowest BCUT2D eigenvalue weighted by Gasteiger charge is -2.05. The van der Waals surface area contributed by atoms with Crippen molar-refractivity contribution in [3.63, 3.8) is 0 Å². The summed E-state index contributed by atoms with van der Waals surface area (Å²) in [6.45, 7) is 1.70. The maximum Gasteiger partial charge on any atom is 0.230 e. The van der Waals surface area contributed by atoms with Crippen molar-refractivity contribution >= 4 is 5.88 Å². The molecule has 100 valence electrons. The van der Waals surface area contributed by atoms with Crippen molar-refractivity contribution in [1.82, 2.24) is 10.1 Å². The van der Waals surface area contributed by atoms with Crippen molar-refractivity contribution in [3.05, 3.63) is 54.1 Å². The predicted molar refractivity (Wildman–Crippen MR) is 74.3 cm³/mol. The standard InChI is InChI=1S/C15H12FN3O/c1-9-3-2-4-11(13(9)16)14-12(15(17)20-19-14)10-5-7-18-8-6-10/h2-8H,17H2,1H3. The Kier molecular flexibility index (Phi) is 2.95. The molecule has 0 saturated heterocycles. The molecule has 0 bridgehead atoms. The first-order valence-electron chi connectivity index (χ1n) is 6.09. The molecule has 4 nitrogen and oxygen atoms in total. The van der Waals surface area contributed by atoms with E-state index in [2.05, 4.69) is 10.1 Å². The lowest BCUT2D eigenvalue weighted by atomic mass is 10.00. The SMILES string of the molecule is Cc1cccc(-c2noc(N)c2-c2ccncc2)c1F. The number of aromatic nitrogens is 2. The summed E-state index contributed by atoms with van der Waals surface area (Å²) in [5.74, 6) is -0.164. The van der Waals surface area contributed by atoms with E-state index in [0.717, 1.165) is 5.56 Å². The quantitative estimate of drug-likeness (QED) is 0.774. The van der Waals surface area contributed by atoms with Gasteiger partial charge < -0.3 is 10.3 Å². The zero-order valence-corrected chi connectivity index (χ0v) is 10.8. The molecule has 2 aromatic heterocycles. The minimum atomic E-state index is -0.323. The minimum absolute atomic E-state index is 0.159. The lowest BCUT2D eigenvalue weighted by Crippen LogP contribution is -1.92. The molecule has 3 aromatic rings. The van der Waals surface area contributed by atoms with Crippen LogP contribution < -0.4 is 5.73 Å². The Morgan fingerprint density at radius 1 is 1.15 bits per heavy atom. The van der Waals surface area contributed by atoms with Crippen LogP contribution in [0, 0.1) is 12.7 Å². The molecule has 2 N–H and O–H groups in total. The first-order valence-corrected chi connectivity index (χ1v) is 6.09. The second-order valence-electron chi connectivity index (χ2n) is 4.44. The number of nitrogens with zero attached hydrogens (tertiary/aromatic N) is 2. The maximum absolute atomic E-state index is 14.3. The Morgan fingerprint density at radius 2 is 1.90 bits per heavy atom. The number of hydrogen-bond acceptors (Lipinski definition) is 4. The molecular weight excluding hydrogens is 257 g/mol. The number of nitrogens with two attached hydrogens (primary N) is 1. The highest BCUT2D eigenvalue weighted by Gasteiger charge is 2.20. The maximum atomic E-state index is 14.3. The van der Waals surface area contributed by atoms with E-state index in [4.69, 9.17) is 10.3 Å². The van der Waals surface area contributed by atoms with E-state index in [1.165, 1.54) is 0 Å². The van der Waals surface area contributed by atoms with Crippen molar-refractivity contribution in [3.8, 4) is 22.4 Å². The lowest BCUT2D eigenvalue weighted by molar-refractivity contribution is 0.439. The molecule has 0 spiro atoms. The summed E-state index contributed by atoms with van der Waals surface area (Å²) in [6.07, 6.45) is 3.27. The van der Waals surface area contributed by atoms with Gasteiger partial charge in [-0.15, -0.1) is 0 Å². The van der Waals surface area contributed by atoms with Gasteiger partial charge in [-0.3, -0.25) is 4.98 Å². The summed E-state index contributed by atoms with van der Waals surface area (Å²) in [7, 11) is 0. The first-order chi connectivity index (χ1) is 9.68. The van der Waals surface area contributed by atoms with Crippen LogP contribution in [0.1, 0.15) is 5.56 Å². The Hall–Kier alpha value is -2.69. The smallest absolute Gasteiger partial charge is 0.230 e. The summed E-state index contributed by atoms with van der Waals surface area (Å²) in [5.41, 5.74) is 8.51. The normalized spacial score (nSPS) is 10.7. The average molecular weight is 269 g/mol. The second-order valence-corrected chi connectivity index (χ2v) is 4.44. The third-order valence-corrected chi connectivity index (χ3v) is 3.13. The zero-order chi connectivity index (χ0) is 14.1. The Balaban J connectivity index is 2.24. The molecule has 0 fully saturated rings. The molecule has 1 aromatic carbocycles. The molecule has 0 aliphatic carbocycles. The van der Waals surface area contributed by atoms with Crippen LogP contribution in [0.3, 0.4) is 0 Å². The van der Waals surface area contributed by atoms with Crippen LogP contribution in [-0.4, -0.2) is 10.1 Å². The fraction of sp³-hybridized carbons (Fsp3) is 0.0667.